The first-order valence-electron chi connectivity index (χ1n) is 4.82. The van der Waals surface area contributed by atoms with Gasteiger partial charge in [-0.15, -0.1) is 22.6 Å². The van der Waals surface area contributed by atoms with Crippen LogP contribution in [0.5, 0.6) is 0 Å². The van der Waals surface area contributed by atoms with Crippen molar-refractivity contribution in [1.29, 1.82) is 0 Å². The summed E-state index contributed by atoms with van der Waals surface area (Å²) < 4.78 is 1.68. The Morgan fingerprint density at radius 2 is 1.94 bits per heavy atom. The molecule has 0 bridgehead atoms. The van der Waals surface area contributed by atoms with Crippen LogP contribution in [0.25, 0.3) is 17.1 Å². The van der Waals surface area contributed by atoms with Gasteiger partial charge in [0, 0.05) is 0 Å². The molecule has 0 amide bonds. The van der Waals surface area contributed by atoms with Crippen molar-refractivity contribution in [2.75, 3.05) is 0 Å². The van der Waals surface area contributed by atoms with Gasteiger partial charge < -0.3 is 0 Å². The molecule has 0 fully saturated rings. The van der Waals surface area contributed by atoms with Gasteiger partial charge in [0.1, 0.15) is 11.3 Å². The second kappa shape index (κ2) is 5.07. The molecule has 0 spiro atoms. The molecule has 6 heteroatoms. The Bertz CT molecular complexity index is 601. The van der Waals surface area contributed by atoms with E-state index in [2.05, 4.69) is 27.4 Å². The van der Waals surface area contributed by atoms with Crippen LogP contribution in [0.2, 0.25) is 0 Å². The van der Waals surface area contributed by atoms with Gasteiger partial charge in [0.2, 0.25) is 4.96 Å². The lowest BCUT2D eigenvalue weighted by Gasteiger charge is -1.88. The van der Waals surface area contributed by atoms with Gasteiger partial charge in [-0.2, -0.15) is 9.61 Å². The quantitative estimate of drug-likeness (QED) is 0.715. The molecule has 0 N–H and O–H groups in total. The summed E-state index contributed by atoms with van der Waals surface area (Å²) in [7, 11) is 0. The molecule has 3 rings (SSSR count). The van der Waals surface area contributed by atoms with Crippen LogP contribution in [-0.2, 0) is 0 Å². The highest BCUT2D eigenvalue weighted by Gasteiger charge is 2.01. The maximum atomic E-state index is 4.31. The average Bonchev–Trinajstić information content (AvgIpc) is 2.88. The molecule has 0 atom stereocenters. The second-order valence-electron chi connectivity index (χ2n) is 3.24. The molecule has 0 aliphatic heterocycles. The fraction of sp³-hybridized carbons (Fsp3) is 0. The van der Waals surface area contributed by atoms with Crippen molar-refractivity contribution in [3.8, 4) is 0 Å². The number of benzene rings is 1. The van der Waals surface area contributed by atoms with Crippen molar-refractivity contribution in [3.05, 3.63) is 47.2 Å². The monoisotopic (exact) mass is 264 g/mol. The van der Waals surface area contributed by atoms with E-state index in [4.69, 9.17) is 0 Å². The Morgan fingerprint density at radius 1 is 1.12 bits per heavy atom. The van der Waals surface area contributed by atoms with E-state index in [1.165, 1.54) is 11.3 Å². The van der Waals surface area contributed by atoms with E-state index in [1.54, 1.807) is 10.8 Å². The number of hydrogen-bond donors (Lipinski definition) is 0. The molecule has 3 aromatic rings. The summed E-state index contributed by atoms with van der Waals surface area (Å²) in [5, 5.41) is 12.9. The molecule has 86 valence electrons. The van der Waals surface area contributed by atoms with Crippen molar-refractivity contribution in [2.45, 2.75) is 0 Å². The zero-order valence-electron chi connectivity index (χ0n) is 8.72. The average molecular weight is 265 g/mol. The van der Waals surface area contributed by atoms with E-state index >= 15 is 0 Å². The minimum absolute atomic E-state index is 0. The van der Waals surface area contributed by atoms with Gasteiger partial charge >= 0.3 is 0 Å². The Labute approximate surface area is 108 Å². The minimum atomic E-state index is 0. The standard InChI is InChI=1S/C11H8N4S.ClH/c1-2-4-9(5-3-1)6-7-10-14-15-8-12-13-11(15)16-10;/h1-8H;1H. The van der Waals surface area contributed by atoms with Gasteiger partial charge in [0.25, 0.3) is 0 Å². The van der Waals surface area contributed by atoms with Crippen LogP contribution >= 0.6 is 23.7 Å². The van der Waals surface area contributed by atoms with E-state index in [-0.39, 0.29) is 12.4 Å². The Balaban J connectivity index is 0.00000108. The number of halogens is 1. The van der Waals surface area contributed by atoms with Gasteiger partial charge in [-0.3, -0.25) is 0 Å². The zero-order valence-corrected chi connectivity index (χ0v) is 10.4. The molecule has 2 aromatic heterocycles. The smallest absolute Gasteiger partial charge is 0.190 e. The lowest BCUT2D eigenvalue weighted by molar-refractivity contribution is 0.949. The number of aromatic nitrogens is 4. The largest absolute Gasteiger partial charge is 0.234 e. The first kappa shape index (κ1) is 11.8. The fourth-order valence-electron chi connectivity index (χ4n) is 1.37. The first-order valence-corrected chi connectivity index (χ1v) is 5.63. The maximum absolute atomic E-state index is 4.31. The van der Waals surface area contributed by atoms with Gasteiger partial charge in [0.15, 0.2) is 0 Å². The van der Waals surface area contributed by atoms with Gasteiger partial charge in [0.05, 0.1) is 0 Å². The molecule has 1 aromatic carbocycles. The zero-order chi connectivity index (χ0) is 10.8. The molecular weight excluding hydrogens is 256 g/mol. The van der Waals surface area contributed by atoms with Crippen molar-refractivity contribution in [1.82, 2.24) is 19.8 Å². The van der Waals surface area contributed by atoms with E-state index in [9.17, 15) is 0 Å². The van der Waals surface area contributed by atoms with Gasteiger partial charge in [-0.25, -0.2) is 0 Å². The van der Waals surface area contributed by atoms with Crippen LogP contribution in [0.15, 0.2) is 36.7 Å². The third-order valence-corrected chi connectivity index (χ3v) is 3.00. The van der Waals surface area contributed by atoms with Gasteiger partial charge in [-0.05, 0) is 11.6 Å². The van der Waals surface area contributed by atoms with Crippen molar-refractivity contribution in [3.63, 3.8) is 0 Å². The van der Waals surface area contributed by atoms with Crippen molar-refractivity contribution in [2.24, 2.45) is 0 Å². The van der Waals surface area contributed by atoms with Crippen LogP contribution in [0.1, 0.15) is 10.6 Å². The van der Waals surface area contributed by atoms with E-state index < -0.39 is 0 Å². The molecule has 0 saturated carbocycles. The predicted octanol–water partition coefficient (Wildman–Crippen LogP) is 2.78. The second-order valence-corrected chi connectivity index (χ2v) is 4.23. The SMILES string of the molecule is C(=Cc1nn2cnnc2s1)c1ccccc1.Cl. The van der Waals surface area contributed by atoms with Crippen LogP contribution in [0.3, 0.4) is 0 Å². The Hall–Kier alpha value is -1.72. The molecule has 17 heavy (non-hydrogen) atoms. The lowest BCUT2D eigenvalue weighted by atomic mass is 10.2. The summed E-state index contributed by atoms with van der Waals surface area (Å²) in [6.07, 6.45) is 5.62. The van der Waals surface area contributed by atoms with Crippen molar-refractivity contribution < 1.29 is 0 Å². The summed E-state index contributed by atoms with van der Waals surface area (Å²) in [4.78, 5) is 0.813. The van der Waals surface area contributed by atoms with Crippen LogP contribution < -0.4 is 0 Å². The van der Waals surface area contributed by atoms with Crippen molar-refractivity contribution >= 4 is 40.9 Å². The number of nitrogens with zero attached hydrogens (tertiary/aromatic N) is 4. The topological polar surface area (TPSA) is 43.1 Å². The van der Waals surface area contributed by atoms with E-state index in [1.807, 2.05) is 30.4 Å². The molecule has 0 aliphatic rings. The maximum Gasteiger partial charge on any atom is 0.234 e. The minimum Gasteiger partial charge on any atom is -0.190 e. The third kappa shape index (κ3) is 2.51. The van der Waals surface area contributed by atoms with E-state index in [0.29, 0.717) is 0 Å². The summed E-state index contributed by atoms with van der Waals surface area (Å²) in [6.45, 7) is 0. The molecule has 4 nitrogen and oxygen atoms in total. The van der Waals surface area contributed by atoms with Gasteiger partial charge in [-0.1, -0.05) is 47.7 Å². The number of hydrogen-bond acceptors (Lipinski definition) is 4. The van der Waals surface area contributed by atoms with E-state index in [0.717, 1.165) is 15.5 Å². The Kier molecular flexibility index (Phi) is 3.51. The highest BCUT2D eigenvalue weighted by Crippen LogP contribution is 2.14. The normalized spacial score (nSPS) is 10.8. The first-order chi connectivity index (χ1) is 7.92. The molecule has 0 saturated heterocycles. The molecular formula is C11H9ClN4S. The fourth-order valence-corrected chi connectivity index (χ4v) is 2.10. The highest BCUT2D eigenvalue weighted by molar-refractivity contribution is 7.17. The highest BCUT2D eigenvalue weighted by atomic mass is 35.5. The number of fused-ring (bicyclic) bond motifs is 1. The van der Waals surface area contributed by atoms with Crippen LogP contribution in [0, 0.1) is 0 Å². The summed E-state index contributed by atoms with van der Waals surface area (Å²) >= 11 is 1.51. The Morgan fingerprint density at radius 3 is 2.71 bits per heavy atom. The molecule has 0 radical (unpaired) electrons. The number of rotatable bonds is 2. The molecule has 0 unspecified atom stereocenters. The summed E-state index contributed by atoms with van der Waals surface area (Å²) in [5.41, 5.74) is 1.16. The third-order valence-electron chi connectivity index (χ3n) is 2.12. The summed E-state index contributed by atoms with van der Waals surface area (Å²) in [5.74, 6) is 0. The molecule has 2 heterocycles. The van der Waals surface area contributed by atoms with Crippen LogP contribution in [0.4, 0.5) is 0 Å². The van der Waals surface area contributed by atoms with Crippen LogP contribution in [-0.4, -0.2) is 19.8 Å². The summed E-state index contributed by atoms with van der Waals surface area (Å²) in [6, 6.07) is 10.1. The predicted molar refractivity (Wildman–Crippen MR) is 71.3 cm³/mol. The lowest BCUT2D eigenvalue weighted by Crippen LogP contribution is -1.79. The molecule has 0 aliphatic carbocycles.